The molecule has 2 aliphatic rings. The summed E-state index contributed by atoms with van der Waals surface area (Å²) in [6.07, 6.45) is 8.16. The summed E-state index contributed by atoms with van der Waals surface area (Å²) in [5.41, 5.74) is 2.41. The largest absolute Gasteiger partial charge is 0.475 e. The van der Waals surface area contributed by atoms with Crippen molar-refractivity contribution in [3.05, 3.63) is 33.9 Å². The third-order valence-corrected chi connectivity index (χ3v) is 8.37. The lowest BCUT2D eigenvalue weighted by Gasteiger charge is -2.32. The van der Waals surface area contributed by atoms with Crippen LogP contribution in [0, 0.1) is 17.8 Å². The Labute approximate surface area is 217 Å². The zero-order chi connectivity index (χ0) is 26.3. The fourth-order valence-corrected chi connectivity index (χ4v) is 5.68. The highest BCUT2D eigenvalue weighted by Crippen LogP contribution is 2.36. The molecule has 0 aromatic carbocycles. The Hall–Kier alpha value is -3.23. The molecule has 3 aromatic heterocycles. The van der Waals surface area contributed by atoms with Crippen LogP contribution in [0.3, 0.4) is 0 Å². The van der Waals surface area contributed by atoms with Gasteiger partial charge in [-0.2, -0.15) is 0 Å². The highest BCUT2D eigenvalue weighted by atomic mass is 16.4. The number of carbonyl (C=O) groups is 1. The monoisotopic (exact) mass is 506 g/mol. The second-order valence-electron chi connectivity index (χ2n) is 11.5. The Morgan fingerprint density at radius 2 is 1.84 bits per heavy atom. The van der Waals surface area contributed by atoms with E-state index in [9.17, 15) is 14.7 Å². The number of aromatic amines is 1. The van der Waals surface area contributed by atoms with E-state index in [-0.39, 0.29) is 23.3 Å². The van der Waals surface area contributed by atoms with Crippen molar-refractivity contribution >= 4 is 23.0 Å². The highest BCUT2D eigenvalue weighted by molar-refractivity contribution is 5.92. The predicted molar refractivity (Wildman–Crippen MR) is 144 cm³/mol. The van der Waals surface area contributed by atoms with Crippen LogP contribution in [0.1, 0.15) is 94.7 Å². The van der Waals surface area contributed by atoms with E-state index in [1.165, 1.54) is 19.3 Å². The lowest BCUT2D eigenvalue weighted by molar-refractivity contribution is 0.0684. The minimum absolute atomic E-state index is 0.153. The van der Waals surface area contributed by atoms with E-state index in [2.05, 4.69) is 52.5 Å². The summed E-state index contributed by atoms with van der Waals surface area (Å²) in [6, 6.07) is 3.75. The summed E-state index contributed by atoms with van der Waals surface area (Å²) < 4.78 is 2.12. The maximum atomic E-state index is 12.6. The van der Waals surface area contributed by atoms with Crippen molar-refractivity contribution in [1.29, 1.82) is 0 Å². The summed E-state index contributed by atoms with van der Waals surface area (Å²) in [5, 5.41) is 13.3. The summed E-state index contributed by atoms with van der Waals surface area (Å²) in [7, 11) is 0. The van der Waals surface area contributed by atoms with Crippen LogP contribution in [-0.2, 0) is 6.54 Å². The smallest absolute Gasteiger partial charge is 0.374 e. The molecule has 0 saturated heterocycles. The molecule has 1 atom stereocenters. The van der Waals surface area contributed by atoms with Crippen LogP contribution < -0.4 is 10.9 Å². The number of anilines is 1. The third kappa shape index (κ3) is 5.26. The number of hydrogen-bond donors (Lipinski definition) is 3. The molecule has 0 aliphatic heterocycles. The van der Waals surface area contributed by atoms with Crippen molar-refractivity contribution in [2.45, 2.75) is 91.1 Å². The van der Waals surface area contributed by atoms with Gasteiger partial charge in [0, 0.05) is 18.7 Å². The molecule has 9 nitrogen and oxygen atoms in total. The molecule has 3 heterocycles. The Bertz CT molecular complexity index is 1350. The van der Waals surface area contributed by atoms with Crippen LogP contribution in [0.25, 0.3) is 22.7 Å². The fraction of sp³-hybridized carbons (Fsp3) is 0.607. The second kappa shape index (κ2) is 10.3. The van der Waals surface area contributed by atoms with Gasteiger partial charge in [0.1, 0.15) is 5.52 Å². The van der Waals surface area contributed by atoms with E-state index >= 15 is 0 Å². The maximum absolute atomic E-state index is 12.6. The van der Waals surface area contributed by atoms with E-state index in [1.54, 1.807) is 6.07 Å². The van der Waals surface area contributed by atoms with Gasteiger partial charge in [0.15, 0.2) is 17.3 Å². The molecule has 3 aromatic rings. The lowest BCUT2D eigenvalue weighted by Crippen LogP contribution is -2.31. The maximum Gasteiger partial charge on any atom is 0.374 e. The normalized spacial score (nSPS) is 21.2. The number of carboxylic acids is 1. The number of hydrogen-bond acceptors (Lipinski definition) is 6. The Kier molecular flexibility index (Phi) is 7.05. The summed E-state index contributed by atoms with van der Waals surface area (Å²) >= 11 is 0. The van der Waals surface area contributed by atoms with E-state index in [1.807, 2.05) is 6.07 Å². The first-order chi connectivity index (χ1) is 17.7. The molecule has 198 valence electrons. The van der Waals surface area contributed by atoms with Gasteiger partial charge in [0.2, 0.25) is 11.4 Å². The van der Waals surface area contributed by atoms with E-state index in [0.717, 1.165) is 43.7 Å². The molecule has 2 aliphatic carbocycles. The lowest BCUT2D eigenvalue weighted by atomic mass is 9.80. The van der Waals surface area contributed by atoms with Crippen molar-refractivity contribution in [3.8, 4) is 11.5 Å². The number of nitrogens with zero attached hydrogens (tertiary/aromatic N) is 4. The van der Waals surface area contributed by atoms with Crippen LogP contribution in [0.4, 0.5) is 5.82 Å². The number of pyridine rings is 1. The molecule has 37 heavy (non-hydrogen) atoms. The Morgan fingerprint density at radius 3 is 2.46 bits per heavy atom. The summed E-state index contributed by atoms with van der Waals surface area (Å²) in [5.74, 6) is 1.55. The number of H-pyrrole nitrogens is 1. The highest BCUT2D eigenvalue weighted by Gasteiger charge is 2.29. The van der Waals surface area contributed by atoms with Crippen LogP contribution in [0.15, 0.2) is 16.9 Å². The summed E-state index contributed by atoms with van der Waals surface area (Å²) in [6.45, 7) is 9.26. The van der Waals surface area contributed by atoms with Gasteiger partial charge >= 0.3 is 5.97 Å². The van der Waals surface area contributed by atoms with Gasteiger partial charge < -0.3 is 20.0 Å². The van der Waals surface area contributed by atoms with Gasteiger partial charge in [-0.05, 0) is 67.9 Å². The standard InChI is InChI=1S/C28H38N6O3/c1-15(2)20-12-21(30-22(35)13-20)27-33-25-23(34(27)14-18-10-8-16(3)9-11-18)24(31-26(32-25)28(36)37)29-17(4)19-6-5-7-19/h12-13,15-19H,5-11,14H2,1-4H3,(H,30,35)(H,36,37)(H,29,31,32)/t16-,17-,18-/m1/s1. The fourth-order valence-electron chi connectivity index (χ4n) is 5.68. The van der Waals surface area contributed by atoms with Crippen LogP contribution in [-0.4, -0.2) is 41.6 Å². The topological polar surface area (TPSA) is 126 Å². The molecule has 2 fully saturated rings. The Balaban J connectivity index is 1.68. The van der Waals surface area contributed by atoms with Crippen LogP contribution in [0.5, 0.6) is 0 Å². The number of fused-ring (bicyclic) bond motifs is 1. The number of aromatic carboxylic acids is 1. The molecule has 0 unspecified atom stereocenters. The minimum atomic E-state index is -1.19. The van der Waals surface area contributed by atoms with Crippen molar-refractivity contribution in [3.63, 3.8) is 0 Å². The molecule has 3 N–H and O–H groups in total. The third-order valence-electron chi connectivity index (χ3n) is 8.37. The number of carboxylic acid groups (broad SMARTS) is 1. The number of nitrogens with one attached hydrogen (secondary N) is 2. The van der Waals surface area contributed by atoms with Crippen molar-refractivity contribution in [1.82, 2.24) is 24.5 Å². The van der Waals surface area contributed by atoms with Gasteiger partial charge in [0.25, 0.3) is 0 Å². The van der Waals surface area contributed by atoms with Gasteiger partial charge in [0.05, 0.1) is 5.69 Å². The van der Waals surface area contributed by atoms with Crippen LogP contribution >= 0.6 is 0 Å². The first-order valence-electron chi connectivity index (χ1n) is 13.7. The van der Waals surface area contributed by atoms with Gasteiger partial charge in [-0.1, -0.05) is 40.0 Å². The molecule has 0 spiro atoms. The molecule has 0 radical (unpaired) electrons. The molecule has 0 bridgehead atoms. The number of imidazole rings is 1. The molecule has 9 heteroatoms. The van der Waals surface area contributed by atoms with Gasteiger partial charge in [-0.25, -0.2) is 19.7 Å². The molecular formula is C28H38N6O3. The van der Waals surface area contributed by atoms with Gasteiger partial charge in [-0.3, -0.25) is 4.79 Å². The van der Waals surface area contributed by atoms with Crippen molar-refractivity contribution in [2.24, 2.45) is 17.8 Å². The number of rotatable bonds is 8. The van der Waals surface area contributed by atoms with Crippen molar-refractivity contribution in [2.75, 3.05) is 5.32 Å². The quantitative estimate of drug-likeness (QED) is 0.372. The molecular weight excluding hydrogens is 468 g/mol. The summed E-state index contributed by atoms with van der Waals surface area (Å²) in [4.78, 5) is 41.1. The van der Waals surface area contributed by atoms with E-state index in [0.29, 0.717) is 40.3 Å². The minimum Gasteiger partial charge on any atom is -0.475 e. The van der Waals surface area contributed by atoms with Gasteiger partial charge in [-0.15, -0.1) is 0 Å². The SMILES string of the molecule is CC(C)c1cc(-c2nc3nc(C(=O)O)nc(N[C@H](C)C4CCC4)c3n2C[C@H]2CC[C@H](C)CC2)[nH]c(=O)c1. The first-order valence-corrected chi connectivity index (χ1v) is 13.7. The molecule has 0 amide bonds. The average molecular weight is 507 g/mol. The number of aromatic nitrogens is 5. The van der Waals surface area contributed by atoms with Crippen molar-refractivity contribution < 1.29 is 9.90 Å². The zero-order valence-electron chi connectivity index (χ0n) is 22.3. The molecule has 2 saturated carbocycles. The second-order valence-corrected chi connectivity index (χ2v) is 11.5. The Morgan fingerprint density at radius 1 is 1.11 bits per heavy atom. The first kappa shape index (κ1) is 25.4. The predicted octanol–water partition coefficient (Wildman–Crippen LogP) is 5.43. The molecule has 5 rings (SSSR count). The average Bonchev–Trinajstić information content (AvgIpc) is 3.17. The van der Waals surface area contributed by atoms with E-state index in [4.69, 9.17) is 4.98 Å². The van der Waals surface area contributed by atoms with E-state index < -0.39 is 5.97 Å². The zero-order valence-corrected chi connectivity index (χ0v) is 22.3. The van der Waals surface area contributed by atoms with Crippen LogP contribution in [0.2, 0.25) is 0 Å².